The van der Waals surface area contributed by atoms with Crippen LogP contribution in [0.25, 0.3) is 20.9 Å². The molecular weight excluding hydrogens is 488 g/mol. The number of hydrogen-bond donors (Lipinski definition) is 1. The molecule has 0 amide bonds. The minimum absolute atomic E-state index is 0.0492. The molecule has 0 aromatic carbocycles. The van der Waals surface area contributed by atoms with Crippen LogP contribution in [-0.2, 0) is 18.9 Å². The van der Waals surface area contributed by atoms with Crippen LogP contribution in [0.5, 0.6) is 0 Å². The summed E-state index contributed by atoms with van der Waals surface area (Å²) in [4.78, 5) is 5.57. The van der Waals surface area contributed by atoms with Gasteiger partial charge in [0.25, 0.3) is 0 Å². The maximum Gasteiger partial charge on any atom is 0.169 e. The van der Waals surface area contributed by atoms with Gasteiger partial charge in [-0.25, -0.2) is 0 Å². The smallest absolute Gasteiger partial charge is 0.169 e. The zero-order valence-corrected chi connectivity index (χ0v) is 24.0. The normalized spacial score (nSPS) is 23.9. The lowest BCUT2D eigenvalue weighted by molar-refractivity contribution is -0.249. The fourth-order valence-electron chi connectivity index (χ4n) is 4.71. The Morgan fingerprint density at radius 3 is 1.97 bits per heavy atom. The first-order valence-electron chi connectivity index (χ1n) is 14.7. The minimum Gasteiger partial charge on any atom is -0.392 e. The molecule has 0 aromatic heterocycles. The van der Waals surface area contributed by atoms with E-state index in [1.54, 1.807) is 14.0 Å². The van der Waals surface area contributed by atoms with Crippen LogP contribution < -0.4 is 0 Å². The number of rotatable bonds is 24. The molecule has 1 saturated heterocycles. The van der Waals surface area contributed by atoms with Gasteiger partial charge in [-0.15, -0.1) is 0 Å². The van der Waals surface area contributed by atoms with E-state index in [0.29, 0.717) is 13.2 Å². The summed E-state index contributed by atoms with van der Waals surface area (Å²) < 4.78 is 22.9. The highest BCUT2D eigenvalue weighted by molar-refractivity contribution is 4.92. The standard InChI is InChI=1S/C27H52N6O5/c1-4-5-6-7-8-9-10-11-12-13-14-15-16-17-18-36-20-23(35-3)21-37-27-25(31-33-29)26(34)22(2)24(38-27)19-30-32-28/h22-27,34H,4-21H2,1-3H3/t22-,23?,24?,25?,26-,27+/m0/s1. The summed E-state index contributed by atoms with van der Waals surface area (Å²) in [6, 6.07) is -0.911. The number of nitrogens with zero attached hydrogens (tertiary/aromatic N) is 6. The van der Waals surface area contributed by atoms with Crippen LogP contribution in [0, 0.1) is 5.92 Å². The lowest BCUT2D eigenvalue weighted by Crippen LogP contribution is -2.54. The van der Waals surface area contributed by atoms with Crippen molar-refractivity contribution in [2.45, 2.75) is 134 Å². The first-order valence-corrected chi connectivity index (χ1v) is 14.7. The van der Waals surface area contributed by atoms with Crippen molar-refractivity contribution in [2.24, 2.45) is 16.1 Å². The molecule has 1 aliphatic heterocycles. The van der Waals surface area contributed by atoms with Gasteiger partial charge >= 0.3 is 0 Å². The van der Waals surface area contributed by atoms with E-state index >= 15 is 0 Å². The van der Waals surface area contributed by atoms with E-state index in [-0.39, 0.29) is 25.2 Å². The van der Waals surface area contributed by atoms with Crippen molar-refractivity contribution >= 4 is 0 Å². The molecule has 6 atom stereocenters. The molecule has 0 radical (unpaired) electrons. The Balaban J connectivity index is 2.15. The third-order valence-electron chi connectivity index (χ3n) is 7.30. The highest BCUT2D eigenvalue weighted by Crippen LogP contribution is 2.29. The molecule has 0 aliphatic carbocycles. The van der Waals surface area contributed by atoms with E-state index in [1.165, 1.54) is 77.0 Å². The van der Waals surface area contributed by atoms with Crippen LogP contribution in [0.3, 0.4) is 0 Å². The van der Waals surface area contributed by atoms with Crippen LogP contribution in [0.4, 0.5) is 0 Å². The lowest BCUT2D eigenvalue weighted by atomic mass is 9.89. The second-order valence-electron chi connectivity index (χ2n) is 10.4. The van der Waals surface area contributed by atoms with Gasteiger partial charge < -0.3 is 24.1 Å². The largest absolute Gasteiger partial charge is 0.392 e. The number of unbranched alkanes of at least 4 members (excludes halogenated alkanes) is 13. The third-order valence-corrected chi connectivity index (χ3v) is 7.30. The van der Waals surface area contributed by atoms with Crippen molar-refractivity contribution in [3.05, 3.63) is 20.9 Å². The van der Waals surface area contributed by atoms with Crippen LogP contribution in [0.2, 0.25) is 0 Å². The van der Waals surface area contributed by atoms with Crippen molar-refractivity contribution in [3.8, 4) is 0 Å². The monoisotopic (exact) mass is 540 g/mol. The maximum absolute atomic E-state index is 10.6. The Labute approximate surface area is 229 Å². The summed E-state index contributed by atoms with van der Waals surface area (Å²) in [5.74, 6) is -0.387. The number of azide groups is 2. The second-order valence-corrected chi connectivity index (χ2v) is 10.4. The van der Waals surface area contributed by atoms with Gasteiger partial charge in [-0.3, -0.25) is 0 Å². The predicted octanol–water partition coefficient (Wildman–Crippen LogP) is 7.23. The molecule has 0 aromatic rings. The summed E-state index contributed by atoms with van der Waals surface area (Å²) >= 11 is 0. The van der Waals surface area contributed by atoms with Crippen molar-refractivity contribution in [1.29, 1.82) is 0 Å². The van der Waals surface area contributed by atoms with Crippen molar-refractivity contribution < 1.29 is 24.1 Å². The number of hydrogen-bond acceptors (Lipinski definition) is 7. The van der Waals surface area contributed by atoms with Crippen LogP contribution in [-0.4, -0.2) is 69.2 Å². The molecule has 1 rings (SSSR count). The van der Waals surface area contributed by atoms with Gasteiger partial charge in [-0.1, -0.05) is 108 Å². The van der Waals surface area contributed by atoms with Crippen LogP contribution in [0.1, 0.15) is 104 Å². The Morgan fingerprint density at radius 1 is 0.868 bits per heavy atom. The van der Waals surface area contributed by atoms with Gasteiger partial charge in [0.15, 0.2) is 6.29 Å². The predicted molar refractivity (Wildman–Crippen MR) is 149 cm³/mol. The molecule has 38 heavy (non-hydrogen) atoms. The van der Waals surface area contributed by atoms with E-state index < -0.39 is 24.5 Å². The molecule has 220 valence electrons. The average Bonchev–Trinajstić information content (AvgIpc) is 2.92. The summed E-state index contributed by atoms with van der Waals surface area (Å²) in [7, 11) is 1.58. The van der Waals surface area contributed by atoms with Gasteiger partial charge in [0, 0.05) is 29.5 Å². The summed E-state index contributed by atoms with van der Waals surface area (Å²) in [5, 5.41) is 17.8. The number of aliphatic hydroxyl groups excluding tert-OH is 1. The SMILES string of the molecule is CCCCCCCCCCCCCCCCOCC(CO[C@@H]1OC(CN=[N+]=[N-])[C@H](C)[C@H](O)C1N=[N+]=[N-])OC. The summed E-state index contributed by atoms with van der Waals surface area (Å²) in [6.45, 7) is 5.25. The Morgan fingerprint density at radius 2 is 1.45 bits per heavy atom. The first-order chi connectivity index (χ1) is 18.6. The summed E-state index contributed by atoms with van der Waals surface area (Å²) in [5.41, 5.74) is 17.5. The number of methoxy groups -OCH3 is 1. The van der Waals surface area contributed by atoms with E-state index in [9.17, 15) is 5.11 Å². The lowest BCUT2D eigenvalue weighted by Gasteiger charge is -2.41. The highest BCUT2D eigenvalue weighted by Gasteiger charge is 2.43. The zero-order valence-electron chi connectivity index (χ0n) is 24.0. The molecule has 11 heteroatoms. The molecule has 1 N–H and O–H groups in total. The summed E-state index contributed by atoms with van der Waals surface area (Å²) in [6.07, 6.45) is 15.7. The average molecular weight is 541 g/mol. The van der Waals surface area contributed by atoms with E-state index in [4.69, 9.17) is 30.0 Å². The van der Waals surface area contributed by atoms with E-state index in [0.717, 1.165) is 12.8 Å². The number of ether oxygens (including phenoxy) is 4. The third kappa shape index (κ3) is 15.1. The van der Waals surface area contributed by atoms with Crippen LogP contribution in [0.15, 0.2) is 10.2 Å². The van der Waals surface area contributed by atoms with Gasteiger partial charge in [0.05, 0.1) is 32.0 Å². The highest BCUT2D eigenvalue weighted by atomic mass is 16.7. The molecule has 1 heterocycles. The Hall–Kier alpha value is -1.58. The van der Waals surface area contributed by atoms with Gasteiger partial charge in [-0.2, -0.15) is 0 Å². The fourth-order valence-corrected chi connectivity index (χ4v) is 4.71. The molecule has 3 unspecified atom stereocenters. The van der Waals surface area contributed by atoms with Crippen LogP contribution >= 0.6 is 0 Å². The van der Waals surface area contributed by atoms with E-state index in [1.807, 2.05) is 0 Å². The van der Waals surface area contributed by atoms with Crippen molar-refractivity contribution in [3.63, 3.8) is 0 Å². The van der Waals surface area contributed by atoms with Gasteiger partial charge in [-0.05, 0) is 17.5 Å². The number of aliphatic hydroxyl groups is 1. The molecule has 0 spiro atoms. The van der Waals surface area contributed by atoms with Gasteiger partial charge in [0.1, 0.15) is 12.1 Å². The molecule has 1 fully saturated rings. The minimum atomic E-state index is -0.985. The fraction of sp³-hybridized carbons (Fsp3) is 1.00. The Bertz CT molecular complexity index is 672. The topological polar surface area (TPSA) is 155 Å². The first kappa shape index (κ1) is 34.4. The zero-order chi connectivity index (χ0) is 27.8. The van der Waals surface area contributed by atoms with E-state index in [2.05, 4.69) is 27.0 Å². The molecule has 1 aliphatic rings. The maximum atomic E-state index is 10.6. The second kappa shape index (κ2) is 23.3. The molecule has 11 nitrogen and oxygen atoms in total. The van der Waals surface area contributed by atoms with Crippen molar-refractivity contribution in [2.75, 3.05) is 33.5 Å². The Kier molecular flexibility index (Phi) is 21.1. The molecular formula is C27H52N6O5. The van der Waals surface area contributed by atoms with Crippen molar-refractivity contribution in [1.82, 2.24) is 0 Å². The van der Waals surface area contributed by atoms with Gasteiger partial charge in [0.2, 0.25) is 0 Å². The molecule has 0 bridgehead atoms. The quantitative estimate of drug-likeness (QED) is 0.0591. The molecule has 0 saturated carbocycles.